The first kappa shape index (κ1) is 15.0. The molecule has 0 aromatic carbocycles. The number of hydrogen-bond donors (Lipinski definition) is 1. The van der Waals surface area contributed by atoms with Crippen molar-refractivity contribution in [3.8, 4) is 0 Å². The molecule has 0 bridgehead atoms. The van der Waals surface area contributed by atoms with Crippen molar-refractivity contribution in [2.75, 3.05) is 32.7 Å². The second kappa shape index (κ2) is 7.39. The second-order valence-corrected chi connectivity index (χ2v) is 6.23. The van der Waals surface area contributed by atoms with Crippen molar-refractivity contribution >= 4 is 11.3 Å². The lowest BCUT2D eigenvalue weighted by Gasteiger charge is -2.41. The third kappa shape index (κ3) is 3.78. The van der Waals surface area contributed by atoms with Crippen LogP contribution in [-0.4, -0.2) is 48.6 Å². The van der Waals surface area contributed by atoms with Crippen LogP contribution in [0.2, 0.25) is 0 Å². The van der Waals surface area contributed by atoms with Gasteiger partial charge in [0, 0.05) is 32.2 Å². The van der Waals surface area contributed by atoms with Crippen LogP contribution >= 0.6 is 11.3 Å². The monoisotopic (exact) mass is 281 g/mol. The predicted octanol–water partition coefficient (Wildman–Crippen LogP) is 2.55. The highest BCUT2D eigenvalue weighted by molar-refractivity contribution is 7.07. The summed E-state index contributed by atoms with van der Waals surface area (Å²) in [4.78, 5) is 5.15. The Hall–Kier alpha value is -0.420. The Labute approximate surface area is 121 Å². The van der Waals surface area contributed by atoms with E-state index in [1.54, 1.807) is 11.3 Å². The molecule has 2 atom stereocenters. The standard InChI is InChI=1S/C15H27N3S/c1-3-6-17-7-9-18(10-8-17)15(14(16)4-2)13-5-11-19-12-13/h5,11-12,14-15H,3-4,6-10,16H2,1-2H3. The molecule has 3 nitrogen and oxygen atoms in total. The molecule has 0 spiro atoms. The zero-order valence-electron chi connectivity index (χ0n) is 12.2. The number of hydrogen-bond acceptors (Lipinski definition) is 4. The summed E-state index contributed by atoms with van der Waals surface area (Å²) >= 11 is 1.78. The number of piperazine rings is 1. The summed E-state index contributed by atoms with van der Waals surface area (Å²) in [6.45, 7) is 10.3. The molecule has 0 saturated carbocycles. The zero-order valence-corrected chi connectivity index (χ0v) is 13.0. The van der Waals surface area contributed by atoms with Gasteiger partial charge < -0.3 is 10.6 Å². The molecule has 2 unspecified atom stereocenters. The van der Waals surface area contributed by atoms with E-state index in [4.69, 9.17) is 5.73 Å². The van der Waals surface area contributed by atoms with Gasteiger partial charge in [0.15, 0.2) is 0 Å². The SMILES string of the molecule is CCCN1CCN(C(c2ccsc2)C(N)CC)CC1. The highest BCUT2D eigenvalue weighted by Gasteiger charge is 2.28. The third-order valence-corrected chi connectivity index (χ3v) is 4.80. The van der Waals surface area contributed by atoms with E-state index in [0.29, 0.717) is 6.04 Å². The molecule has 1 aromatic heterocycles. The Bertz CT molecular complexity index is 344. The Morgan fingerprint density at radius 3 is 2.53 bits per heavy atom. The molecule has 19 heavy (non-hydrogen) atoms. The van der Waals surface area contributed by atoms with E-state index in [9.17, 15) is 0 Å². The van der Waals surface area contributed by atoms with Crippen molar-refractivity contribution in [1.29, 1.82) is 0 Å². The van der Waals surface area contributed by atoms with Crippen molar-refractivity contribution in [3.05, 3.63) is 22.4 Å². The van der Waals surface area contributed by atoms with Gasteiger partial charge in [0.25, 0.3) is 0 Å². The van der Waals surface area contributed by atoms with Crippen molar-refractivity contribution in [2.24, 2.45) is 5.73 Å². The average molecular weight is 281 g/mol. The summed E-state index contributed by atoms with van der Waals surface area (Å²) in [5, 5.41) is 4.43. The molecule has 2 N–H and O–H groups in total. The summed E-state index contributed by atoms with van der Waals surface area (Å²) < 4.78 is 0. The van der Waals surface area contributed by atoms with Crippen molar-refractivity contribution in [2.45, 2.75) is 38.8 Å². The van der Waals surface area contributed by atoms with Crippen LogP contribution in [0.4, 0.5) is 0 Å². The molecular weight excluding hydrogens is 254 g/mol. The molecule has 0 radical (unpaired) electrons. The summed E-state index contributed by atoms with van der Waals surface area (Å²) in [5.74, 6) is 0. The molecule has 4 heteroatoms. The van der Waals surface area contributed by atoms with E-state index in [1.807, 2.05) is 0 Å². The Kier molecular flexibility index (Phi) is 5.82. The fourth-order valence-corrected chi connectivity index (χ4v) is 3.67. The molecule has 2 heterocycles. The Balaban J connectivity index is 2.00. The molecule has 1 aliphatic heterocycles. The van der Waals surface area contributed by atoms with Gasteiger partial charge in [-0.05, 0) is 41.8 Å². The van der Waals surface area contributed by atoms with Crippen LogP contribution < -0.4 is 5.73 Å². The first-order valence-electron chi connectivity index (χ1n) is 7.50. The van der Waals surface area contributed by atoms with Crippen LogP contribution in [0.3, 0.4) is 0 Å². The van der Waals surface area contributed by atoms with E-state index < -0.39 is 0 Å². The lowest BCUT2D eigenvalue weighted by molar-refractivity contribution is 0.0838. The summed E-state index contributed by atoms with van der Waals surface area (Å²) in [7, 11) is 0. The van der Waals surface area contributed by atoms with Crippen LogP contribution in [0.25, 0.3) is 0 Å². The van der Waals surface area contributed by atoms with Crippen LogP contribution in [0, 0.1) is 0 Å². The van der Waals surface area contributed by atoms with Crippen LogP contribution in [0.1, 0.15) is 38.3 Å². The molecule has 1 aliphatic rings. The van der Waals surface area contributed by atoms with Crippen molar-refractivity contribution in [1.82, 2.24) is 9.80 Å². The predicted molar refractivity (Wildman–Crippen MR) is 83.6 cm³/mol. The van der Waals surface area contributed by atoms with Crippen LogP contribution in [0.5, 0.6) is 0 Å². The maximum Gasteiger partial charge on any atom is 0.0508 e. The number of rotatable bonds is 6. The minimum absolute atomic E-state index is 0.243. The molecule has 1 fully saturated rings. The highest BCUT2D eigenvalue weighted by atomic mass is 32.1. The summed E-state index contributed by atoms with van der Waals surface area (Å²) in [6.07, 6.45) is 2.29. The van der Waals surface area contributed by atoms with Crippen molar-refractivity contribution < 1.29 is 0 Å². The van der Waals surface area contributed by atoms with Gasteiger partial charge in [-0.1, -0.05) is 13.8 Å². The molecule has 1 aromatic rings. The first-order valence-corrected chi connectivity index (χ1v) is 8.44. The van der Waals surface area contributed by atoms with Gasteiger partial charge in [-0.2, -0.15) is 11.3 Å². The lowest BCUT2D eigenvalue weighted by atomic mass is 9.98. The van der Waals surface area contributed by atoms with E-state index >= 15 is 0 Å². The number of nitrogens with zero attached hydrogens (tertiary/aromatic N) is 2. The van der Waals surface area contributed by atoms with Crippen molar-refractivity contribution in [3.63, 3.8) is 0 Å². The fourth-order valence-electron chi connectivity index (χ4n) is 2.98. The highest BCUT2D eigenvalue weighted by Crippen LogP contribution is 2.27. The smallest absolute Gasteiger partial charge is 0.0508 e. The molecule has 0 aliphatic carbocycles. The molecule has 0 amide bonds. The zero-order chi connectivity index (χ0) is 13.7. The lowest BCUT2D eigenvalue weighted by Crippen LogP contribution is -2.51. The number of nitrogens with two attached hydrogens (primary N) is 1. The van der Waals surface area contributed by atoms with E-state index in [-0.39, 0.29) is 6.04 Å². The molecule has 1 saturated heterocycles. The minimum Gasteiger partial charge on any atom is -0.326 e. The summed E-state index contributed by atoms with van der Waals surface area (Å²) in [5.41, 5.74) is 7.79. The van der Waals surface area contributed by atoms with Crippen LogP contribution in [-0.2, 0) is 0 Å². The second-order valence-electron chi connectivity index (χ2n) is 5.45. The van der Waals surface area contributed by atoms with Gasteiger partial charge >= 0.3 is 0 Å². The third-order valence-electron chi connectivity index (χ3n) is 4.10. The van der Waals surface area contributed by atoms with Gasteiger partial charge in [-0.3, -0.25) is 4.90 Å². The Morgan fingerprint density at radius 2 is 2.00 bits per heavy atom. The van der Waals surface area contributed by atoms with Gasteiger partial charge in [-0.15, -0.1) is 0 Å². The molecule has 108 valence electrons. The van der Waals surface area contributed by atoms with Gasteiger partial charge in [-0.25, -0.2) is 0 Å². The normalized spacial score (nSPS) is 21.4. The fraction of sp³-hybridized carbons (Fsp3) is 0.733. The maximum absolute atomic E-state index is 6.38. The van der Waals surface area contributed by atoms with E-state index in [2.05, 4.69) is 40.5 Å². The first-order chi connectivity index (χ1) is 9.26. The quantitative estimate of drug-likeness (QED) is 0.870. The molecule has 2 rings (SSSR count). The average Bonchev–Trinajstić information content (AvgIpc) is 2.95. The maximum atomic E-state index is 6.38. The molecular formula is C15H27N3S. The van der Waals surface area contributed by atoms with Gasteiger partial charge in [0.05, 0.1) is 6.04 Å². The summed E-state index contributed by atoms with van der Waals surface area (Å²) in [6, 6.07) is 2.89. The number of thiophene rings is 1. The minimum atomic E-state index is 0.243. The van der Waals surface area contributed by atoms with Crippen LogP contribution in [0.15, 0.2) is 16.8 Å². The van der Waals surface area contributed by atoms with E-state index in [0.717, 1.165) is 19.5 Å². The van der Waals surface area contributed by atoms with Gasteiger partial charge in [0.1, 0.15) is 0 Å². The largest absolute Gasteiger partial charge is 0.326 e. The van der Waals surface area contributed by atoms with E-state index in [1.165, 1.54) is 31.6 Å². The Morgan fingerprint density at radius 1 is 1.26 bits per heavy atom. The van der Waals surface area contributed by atoms with Gasteiger partial charge in [0.2, 0.25) is 0 Å². The topological polar surface area (TPSA) is 32.5 Å².